The molecule has 2 aromatic carbocycles. The topological polar surface area (TPSA) is 156 Å². The van der Waals surface area contributed by atoms with Crippen LogP contribution < -0.4 is 9.67 Å². The van der Waals surface area contributed by atoms with Crippen LogP contribution in [-0.4, -0.2) is 40.1 Å². The Labute approximate surface area is 162 Å². The molecule has 148 valence electrons. The van der Waals surface area contributed by atoms with E-state index in [1.807, 2.05) is 0 Å². The van der Waals surface area contributed by atoms with E-state index < -0.39 is 35.1 Å². The first kappa shape index (κ1) is 21.5. The number of carbonyl (C=O) groups excluding carboxylic acids is 2. The van der Waals surface area contributed by atoms with Crippen molar-refractivity contribution in [2.24, 2.45) is 0 Å². The maximum absolute atomic E-state index is 12.6. The van der Waals surface area contributed by atoms with Crippen molar-refractivity contribution in [2.75, 3.05) is 5.32 Å². The molecule has 11 heteroatoms. The molecule has 2 aromatic rings. The van der Waals surface area contributed by atoms with E-state index in [9.17, 15) is 27.5 Å². The first-order chi connectivity index (χ1) is 13.0. The van der Waals surface area contributed by atoms with Crippen LogP contribution in [0.4, 0.5) is 11.4 Å². The predicted molar refractivity (Wildman–Crippen MR) is 99.6 cm³/mol. The van der Waals surface area contributed by atoms with E-state index in [2.05, 4.69) is 9.19 Å². The number of nitro groups is 1. The maximum atomic E-state index is 12.6. The number of aryl methyl sites for hydroxylation is 1. The van der Waals surface area contributed by atoms with Gasteiger partial charge in [-0.1, -0.05) is 0 Å². The zero-order chi connectivity index (χ0) is 21.2. The van der Waals surface area contributed by atoms with Crippen molar-refractivity contribution in [3.05, 3.63) is 51.6 Å². The molecule has 0 saturated heterocycles. The third-order valence-corrected chi connectivity index (χ3v) is 6.54. The van der Waals surface area contributed by atoms with Gasteiger partial charge in [-0.05, 0) is 0 Å². The summed E-state index contributed by atoms with van der Waals surface area (Å²) in [6.07, 6.45) is 0. The molecule has 3 N–H and O–H groups in total. The molecule has 0 radical (unpaired) electrons. The molecule has 0 aliphatic heterocycles. The number of benzene rings is 2. The number of carbonyl (C=O) groups is 2. The summed E-state index contributed by atoms with van der Waals surface area (Å²) >= 11 is -5.62. The number of non-ortho nitro benzene ring substituents is 1. The molecular formula is C17H17AsN2O8. The normalized spacial score (nSPS) is 12.9. The van der Waals surface area contributed by atoms with Gasteiger partial charge in [-0.3, -0.25) is 0 Å². The van der Waals surface area contributed by atoms with Crippen LogP contribution in [0.25, 0.3) is 11.1 Å². The standard InChI is InChI=1S/C17H17AsN2O8/c1-9-8-14(19-11(3)22)17(18(23,24)28-27)16(15(9)10(2)21)12-4-6-13(7-5-12)20(25)26/h4-8,27H,1-3H3,(H,19,22)(H,23,24). The number of amides is 1. The van der Waals surface area contributed by atoms with Gasteiger partial charge >= 0.3 is 162 Å². The SMILES string of the molecule is CC(=O)Nc1cc(C)c(C(C)=O)c(-c2ccc([N+](=O)[O-])cc2)c1[As](=O)(O)OO. The number of nitro benzene ring substituents is 1. The molecule has 0 spiro atoms. The molecular weight excluding hydrogens is 435 g/mol. The first-order valence-corrected chi connectivity index (χ1v) is 11.2. The molecule has 0 fully saturated rings. The van der Waals surface area contributed by atoms with Crippen molar-refractivity contribution in [3.63, 3.8) is 0 Å². The van der Waals surface area contributed by atoms with Crippen LogP contribution >= 0.6 is 0 Å². The van der Waals surface area contributed by atoms with Gasteiger partial charge in [0.2, 0.25) is 0 Å². The average Bonchev–Trinajstić information content (AvgIpc) is 2.60. The number of rotatable bonds is 6. The van der Waals surface area contributed by atoms with Gasteiger partial charge in [-0.2, -0.15) is 0 Å². The van der Waals surface area contributed by atoms with E-state index in [0.29, 0.717) is 5.56 Å². The summed E-state index contributed by atoms with van der Waals surface area (Å²) in [5.41, 5.74) is 0.272. The molecule has 1 unspecified atom stereocenters. The monoisotopic (exact) mass is 452 g/mol. The number of nitrogens with one attached hydrogen (secondary N) is 1. The Morgan fingerprint density at radius 3 is 2.21 bits per heavy atom. The number of anilines is 1. The third kappa shape index (κ3) is 4.20. The van der Waals surface area contributed by atoms with Crippen LogP contribution in [0.15, 0.2) is 30.3 Å². The summed E-state index contributed by atoms with van der Waals surface area (Å²) in [6, 6.07) is 6.25. The Hall–Kier alpha value is -2.78. The van der Waals surface area contributed by atoms with E-state index in [-0.39, 0.29) is 28.1 Å². The fraction of sp³-hybridized carbons (Fsp3) is 0.176. The number of ketones is 1. The Kier molecular flexibility index (Phi) is 6.20. The molecule has 0 heterocycles. The van der Waals surface area contributed by atoms with Crippen LogP contribution in [-0.2, 0) is 12.4 Å². The van der Waals surface area contributed by atoms with Gasteiger partial charge in [0.05, 0.1) is 0 Å². The molecule has 0 aliphatic carbocycles. The average molecular weight is 452 g/mol. The van der Waals surface area contributed by atoms with Crippen molar-refractivity contribution in [1.82, 2.24) is 0 Å². The molecule has 10 nitrogen and oxygen atoms in total. The van der Waals surface area contributed by atoms with Gasteiger partial charge in [0.1, 0.15) is 0 Å². The molecule has 1 atom stereocenters. The van der Waals surface area contributed by atoms with Crippen LogP contribution in [0.3, 0.4) is 0 Å². The second kappa shape index (κ2) is 8.07. The second-order valence-electron chi connectivity index (χ2n) is 5.98. The van der Waals surface area contributed by atoms with Gasteiger partial charge in [0, 0.05) is 0 Å². The molecule has 0 aromatic heterocycles. The predicted octanol–water partition coefficient (Wildman–Crippen LogP) is 1.79. The van der Waals surface area contributed by atoms with Crippen molar-refractivity contribution in [1.29, 1.82) is 0 Å². The van der Waals surface area contributed by atoms with Gasteiger partial charge in [-0.15, -0.1) is 0 Å². The minimum absolute atomic E-state index is 0.0507. The summed E-state index contributed by atoms with van der Waals surface area (Å²) in [6.45, 7) is 3.99. The van der Waals surface area contributed by atoms with Gasteiger partial charge in [-0.25, -0.2) is 0 Å². The van der Waals surface area contributed by atoms with E-state index in [1.54, 1.807) is 6.92 Å². The number of nitrogens with zero attached hydrogens (tertiary/aromatic N) is 1. The zero-order valence-electron chi connectivity index (χ0n) is 15.1. The van der Waals surface area contributed by atoms with Gasteiger partial charge < -0.3 is 0 Å². The van der Waals surface area contributed by atoms with Gasteiger partial charge in [0.15, 0.2) is 0 Å². The van der Waals surface area contributed by atoms with Gasteiger partial charge in [0.25, 0.3) is 0 Å². The van der Waals surface area contributed by atoms with E-state index in [4.69, 9.17) is 5.26 Å². The quantitative estimate of drug-likeness (QED) is 0.197. The first-order valence-electron chi connectivity index (χ1n) is 7.87. The minimum atomic E-state index is -5.62. The van der Waals surface area contributed by atoms with Crippen molar-refractivity contribution < 1.29 is 31.5 Å². The number of hydrogen-bond donors (Lipinski definition) is 3. The van der Waals surface area contributed by atoms with E-state index >= 15 is 0 Å². The van der Waals surface area contributed by atoms with Crippen molar-refractivity contribution in [2.45, 2.75) is 20.8 Å². The molecule has 2 rings (SSSR count). The Morgan fingerprint density at radius 1 is 1.21 bits per heavy atom. The fourth-order valence-corrected chi connectivity index (χ4v) is 5.07. The zero-order valence-corrected chi connectivity index (χ0v) is 17.0. The molecule has 1 amide bonds. The fourth-order valence-electron chi connectivity index (χ4n) is 2.91. The molecule has 0 saturated carbocycles. The van der Waals surface area contributed by atoms with Crippen molar-refractivity contribution in [3.8, 4) is 11.1 Å². The van der Waals surface area contributed by atoms with Crippen LogP contribution in [0, 0.1) is 17.0 Å². The summed E-state index contributed by atoms with van der Waals surface area (Å²) in [7, 11) is 0. The van der Waals surface area contributed by atoms with Crippen LogP contribution in [0.1, 0.15) is 29.8 Å². The van der Waals surface area contributed by atoms with Crippen LogP contribution in [0.5, 0.6) is 0 Å². The summed E-state index contributed by atoms with van der Waals surface area (Å²) in [5.74, 6) is -1.01. The summed E-state index contributed by atoms with van der Waals surface area (Å²) in [5, 5.41) is 22.3. The van der Waals surface area contributed by atoms with E-state index in [1.165, 1.54) is 44.2 Å². The number of Topliss-reactive ketones (excluding diaryl/α,β-unsaturated/α-hetero) is 1. The molecule has 0 bridgehead atoms. The molecule has 28 heavy (non-hydrogen) atoms. The summed E-state index contributed by atoms with van der Waals surface area (Å²) in [4.78, 5) is 34.1. The number of hydrogen-bond acceptors (Lipinski definition) is 7. The Bertz CT molecular complexity index is 1020. The van der Waals surface area contributed by atoms with E-state index in [0.717, 1.165) is 0 Å². The second-order valence-corrected chi connectivity index (χ2v) is 9.45. The third-order valence-electron chi connectivity index (χ3n) is 3.92. The van der Waals surface area contributed by atoms with Crippen LogP contribution in [0.2, 0.25) is 0 Å². The van der Waals surface area contributed by atoms with Crippen molar-refractivity contribution >= 4 is 41.6 Å². The molecule has 0 aliphatic rings. The Morgan fingerprint density at radius 2 is 1.79 bits per heavy atom. The Balaban J connectivity index is 2.98. The summed E-state index contributed by atoms with van der Waals surface area (Å²) < 4.78 is 26.3.